The normalized spacial score (nSPS) is 31.4. The summed E-state index contributed by atoms with van der Waals surface area (Å²) in [7, 11) is 0. The highest BCUT2D eigenvalue weighted by Gasteiger charge is 2.53. The maximum atomic E-state index is 12.0. The number of esters is 4. The van der Waals surface area contributed by atoms with Crippen molar-refractivity contribution in [3.8, 4) is 0 Å². The van der Waals surface area contributed by atoms with Crippen LogP contribution in [-0.2, 0) is 62.0 Å². The van der Waals surface area contributed by atoms with Gasteiger partial charge in [-0.15, -0.1) is 0 Å². The highest BCUT2D eigenvalue weighted by Crippen LogP contribution is 2.35. The number of ether oxygens (including phenoxy) is 6. The molecule has 3 N–H and O–H groups in total. The van der Waals surface area contributed by atoms with Crippen LogP contribution in [0, 0.1) is 5.92 Å². The van der Waals surface area contributed by atoms with Crippen LogP contribution in [0.3, 0.4) is 0 Å². The van der Waals surface area contributed by atoms with Gasteiger partial charge >= 0.3 is 23.9 Å². The molecule has 0 radical (unpaired) electrons. The van der Waals surface area contributed by atoms with E-state index in [2.05, 4.69) is 16.0 Å². The summed E-state index contributed by atoms with van der Waals surface area (Å²) in [6.07, 6.45) is -6.51. The minimum Gasteiger partial charge on any atom is -0.458 e. The van der Waals surface area contributed by atoms with Gasteiger partial charge in [-0.25, -0.2) is 0 Å². The minimum atomic E-state index is -1.43. The number of hydrogen-bond donors (Lipinski definition) is 3. The summed E-state index contributed by atoms with van der Waals surface area (Å²) in [5.41, 5.74) is 0. The van der Waals surface area contributed by atoms with Crippen LogP contribution in [0.2, 0.25) is 0 Å². The number of carbonyl (C=O) groups is 7. The molecule has 3 amide bonds. The number of hydrogen-bond acceptors (Lipinski definition) is 13. The number of amides is 3. The standard InChI is InChI=1S/C24H35N3O13/c1-12(31)35-17-6-5-16(7-25-9-28)20(21(17)36-13(2)32)40-24-19(27-11-30)23(38-15(4)34)22(37-14(3)33)18(39-24)8-26-10-29/h9-11,16-24H,5-8H2,1-4H3,(H,25,28)(H,26,29)(H,27,30)/t16-,17+,18-,19-,20-,21-,22-,23-,24-/m1/s1. The molecular formula is C24H35N3O13. The van der Waals surface area contributed by atoms with E-state index in [1.54, 1.807) is 0 Å². The Morgan fingerprint density at radius 3 is 1.80 bits per heavy atom. The third-order valence-corrected chi connectivity index (χ3v) is 6.26. The molecule has 2 fully saturated rings. The van der Waals surface area contributed by atoms with Gasteiger partial charge in [-0.3, -0.25) is 33.6 Å². The molecule has 0 aromatic heterocycles. The first-order valence-corrected chi connectivity index (χ1v) is 12.6. The van der Waals surface area contributed by atoms with Crippen molar-refractivity contribution in [1.82, 2.24) is 16.0 Å². The van der Waals surface area contributed by atoms with E-state index in [1.807, 2.05) is 0 Å². The Kier molecular flexibility index (Phi) is 12.7. The van der Waals surface area contributed by atoms with Crippen LogP contribution in [0.15, 0.2) is 0 Å². The van der Waals surface area contributed by atoms with Gasteiger partial charge in [-0.05, 0) is 12.8 Å². The fourth-order valence-electron chi connectivity index (χ4n) is 4.89. The van der Waals surface area contributed by atoms with Gasteiger partial charge in [0.1, 0.15) is 24.4 Å². The highest BCUT2D eigenvalue weighted by atomic mass is 16.7. The zero-order chi connectivity index (χ0) is 29.8. The van der Waals surface area contributed by atoms with Crippen molar-refractivity contribution in [3.63, 3.8) is 0 Å². The van der Waals surface area contributed by atoms with Gasteiger partial charge in [0.25, 0.3) is 0 Å². The van der Waals surface area contributed by atoms with Gasteiger partial charge < -0.3 is 44.4 Å². The van der Waals surface area contributed by atoms with Crippen molar-refractivity contribution >= 4 is 43.1 Å². The van der Waals surface area contributed by atoms with E-state index in [9.17, 15) is 33.6 Å². The second-order valence-electron chi connectivity index (χ2n) is 9.21. The molecule has 1 aliphatic carbocycles. The summed E-state index contributed by atoms with van der Waals surface area (Å²) in [4.78, 5) is 81.4. The van der Waals surface area contributed by atoms with E-state index >= 15 is 0 Å². The maximum Gasteiger partial charge on any atom is 0.303 e. The third-order valence-electron chi connectivity index (χ3n) is 6.26. The molecule has 40 heavy (non-hydrogen) atoms. The van der Waals surface area contributed by atoms with Gasteiger partial charge in [0.2, 0.25) is 19.2 Å². The summed E-state index contributed by atoms with van der Waals surface area (Å²) >= 11 is 0. The molecule has 0 aromatic rings. The largest absolute Gasteiger partial charge is 0.458 e. The fraction of sp³-hybridized carbons (Fsp3) is 0.708. The van der Waals surface area contributed by atoms with E-state index in [0.29, 0.717) is 25.7 Å². The lowest BCUT2D eigenvalue weighted by molar-refractivity contribution is -0.300. The second-order valence-corrected chi connectivity index (χ2v) is 9.21. The van der Waals surface area contributed by atoms with Crippen molar-refractivity contribution < 1.29 is 62.0 Å². The van der Waals surface area contributed by atoms with E-state index in [4.69, 9.17) is 28.4 Å². The molecule has 9 atom stereocenters. The average Bonchev–Trinajstić information content (AvgIpc) is 2.86. The third kappa shape index (κ3) is 9.15. The monoisotopic (exact) mass is 573 g/mol. The molecule has 1 saturated heterocycles. The Hall–Kier alpha value is -3.79. The van der Waals surface area contributed by atoms with Crippen LogP contribution in [-0.4, -0.2) is 105 Å². The fourth-order valence-corrected chi connectivity index (χ4v) is 4.89. The lowest BCUT2D eigenvalue weighted by atomic mass is 9.82. The molecule has 0 bridgehead atoms. The van der Waals surface area contributed by atoms with Gasteiger partial charge in [0.15, 0.2) is 24.6 Å². The SMILES string of the molecule is CC(=O)O[C@@H]1[C@@H](NC=O)[C@@H](O[C@@H]2[C@@H](CNC=O)CC[C@H](OC(C)=O)[C@H]2OC(C)=O)O[C@H](CNC=O)[C@H]1OC(C)=O. The summed E-state index contributed by atoms with van der Waals surface area (Å²) in [6.45, 7) is 4.44. The van der Waals surface area contributed by atoms with E-state index in [0.717, 1.165) is 20.8 Å². The van der Waals surface area contributed by atoms with Crippen molar-refractivity contribution in [2.24, 2.45) is 5.92 Å². The Morgan fingerprint density at radius 2 is 1.25 bits per heavy atom. The van der Waals surface area contributed by atoms with E-state index < -0.39 is 78.8 Å². The van der Waals surface area contributed by atoms with Crippen LogP contribution in [0.4, 0.5) is 0 Å². The van der Waals surface area contributed by atoms with Gasteiger partial charge in [-0.1, -0.05) is 0 Å². The van der Waals surface area contributed by atoms with Crippen molar-refractivity contribution in [2.45, 2.75) is 89.5 Å². The van der Waals surface area contributed by atoms with Crippen LogP contribution in [0.1, 0.15) is 40.5 Å². The summed E-state index contributed by atoms with van der Waals surface area (Å²) < 4.78 is 34.0. The Morgan fingerprint density at radius 1 is 0.700 bits per heavy atom. The molecule has 2 aliphatic rings. The maximum absolute atomic E-state index is 12.0. The number of carbonyl (C=O) groups excluding carboxylic acids is 7. The van der Waals surface area contributed by atoms with Gasteiger partial charge in [0.05, 0.1) is 0 Å². The van der Waals surface area contributed by atoms with Crippen LogP contribution < -0.4 is 16.0 Å². The van der Waals surface area contributed by atoms with Crippen molar-refractivity contribution in [3.05, 3.63) is 0 Å². The lowest BCUT2D eigenvalue weighted by Crippen LogP contribution is -2.68. The smallest absolute Gasteiger partial charge is 0.303 e. The molecule has 16 nitrogen and oxygen atoms in total. The Balaban J connectivity index is 2.55. The minimum absolute atomic E-state index is 0.0802. The van der Waals surface area contributed by atoms with Crippen LogP contribution >= 0.6 is 0 Å². The number of rotatable bonds is 14. The summed E-state index contributed by atoms with van der Waals surface area (Å²) in [6, 6.07) is -1.26. The van der Waals surface area contributed by atoms with Crippen molar-refractivity contribution in [2.75, 3.05) is 13.1 Å². The average molecular weight is 574 g/mol. The molecule has 0 aromatic carbocycles. The first-order chi connectivity index (χ1) is 19.0. The molecule has 224 valence electrons. The quantitative estimate of drug-likeness (QED) is 0.115. The zero-order valence-corrected chi connectivity index (χ0v) is 22.6. The molecule has 1 saturated carbocycles. The molecule has 16 heteroatoms. The summed E-state index contributed by atoms with van der Waals surface area (Å²) in [5.74, 6) is -3.35. The first-order valence-electron chi connectivity index (χ1n) is 12.6. The van der Waals surface area contributed by atoms with Crippen molar-refractivity contribution in [1.29, 1.82) is 0 Å². The molecule has 2 rings (SSSR count). The lowest BCUT2D eigenvalue weighted by Gasteiger charge is -2.48. The van der Waals surface area contributed by atoms with E-state index in [-0.39, 0.29) is 19.5 Å². The predicted molar refractivity (Wildman–Crippen MR) is 130 cm³/mol. The molecular weight excluding hydrogens is 538 g/mol. The Labute approximate surface area is 230 Å². The molecule has 0 unspecified atom stereocenters. The first kappa shape index (κ1) is 32.4. The van der Waals surface area contributed by atoms with Crippen LogP contribution in [0.25, 0.3) is 0 Å². The predicted octanol–water partition coefficient (Wildman–Crippen LogP) is -2.16. The molecule has 0 spiro atoms. The van der Waals surface area contributed by atoms with Crippen LogP contribution in [0.5, 0.6) is 0 Å². The molecule has 1 aliphatic heterocycles. The van der Waals surface area contributed by atoms with E-state index in [1.165, 1.54) is 6.92 Å². The second kappa shape index (κ2) is 15.7. The van der Waals surface area contributed by atoms with Gasteiger partial charge in [0, 0.05) is 46.7 Å². The molecule has 1 heterocycles. The Bertz CT molecular complexity index is 932. The van der Waals surface area contributed by atoms with Gasteiger partial charge in [-0.2, -0.15) is 0 Å². The highest BCUT2D eigenvalue weighted by molar-refractivity contribution is 5.68. The summed E-state index contributed by atoms with van der Waals surface area (Å²) in [5, 5.41) is 7.42. The number of nitrogens with one attached hydrogen (secondary N) is 3. The topological polar surface area (TPSA) is 211 Å². The zero-order valence-electron chi connectivity index (χ0n) is 22.6.